The summed E-state index contributed by atoms with van der Waals surface area (Å²) in [6, 6.07) is 29.8. The van der Waals surface area contributed by atoms with Gasteiger partial charge in [-0.1, -0.05) is 108 Å². The summed E-state index contributed by atoms with van der Waals surface area (Å²) in [6.45, 7) is 9.27. The number of hydrogen-bond acceptors (Lipinski definition) is 9. The molecule has 1 saturated heterocycles. The van der Waals surface area contributed by atoms with Crippen molar-refractivity contribution in [3.8, 4) is 17.2 Å². The van der Waals surface area contributed by atoms with Gasteiger partial charge < -0.3 is 29.0 Å². The molecule has 75 heavy (non-hydrogen) atoms. The minimum absolute atomic E-state index is 0.0857. The molecule has 0 spiro atoms. The number of fused-ring (bicyclic) bond motifs is 2. The SMILES string of the molecule is C=CC(=O)OCCCCCCOc1ccc(C(=O)N2CCC[C@H]2C(O)(c2ccc3cc(OC(=O)C4CCC(CCCCC)CC4)ccc3c2)c2ccc3cc(OC(=O)C4CCC(CCCCC)CC4)ccc3c2)cc1. The molecule has 10 nitrogen and oxygen atoms in total. The van der Waals surface area contributed by atoms with Crippen LogP contribution >= 0.6 is 0 Å². The predicted octanol–water partition coefficient (Wildman–Crippen LogP) is 14.8. The lowest BCUT2D eigenvalue weighted by Crippen LogP contribution is -2.50. The number of ether oxygens (including phenoxy) is 4. The van der Waals surface area contributed by atoms with Crippen LogP contribution in [-0.4, -0.2) is 59.6 Å². The van der Waals surface area contributed by atoms with Crippen molar-refractivity contribution in [2.45, 2.75) is 167 Å². The van der Waals surface area contributed by atoms with Crippen LogP contribution < -0.4 is 14.2 Å². The van der Waals surface area contributed by atoms with Crippen molar-refractivity contribution in [2.75, 3.05) is 19.8 Å². The molecule has 0 bridgehead atoms. The Morgan fingerprint density at radius 2 is 1.05 bits per heavy atom. The number of carbonyl (C=O) groups excluding carboxylic acids is 4. The second-order valence-electron chi connectivity index (χ2n) is 21.8. The van der Waals surface area contributed by atoms with E-state index in [1.54, 1.807) is 12.1 Å². The van der Waals surface area contributed by atoms with E-state index in [9.17, 15) is 24.3 Å². The van der Waals surface area contributed by atoms with Gasteiger partial charge in [0.15, 0.2) is 0 Å². The topological polar surface area (TPSA) is 129 Å². The van der Waals surface area contributed by atoms with Gasteiger partial charge in [0.05, 0.1) is 31.1 Å². The van der Waals surface area contributed by atoms with E-state index >= 15 is 0 Å². The molecule has 2 saturated carbocycles. The quantitative estimate of drug-likeness (QED) is 0.0263. The monoisotopic (exact) mass is 1020 g/mol. The second kappa shape index (κ2) is 27.2. The maximum atomic E-state index is 14.6. The lowest BCUT2D eigenvalue weighted by atomic mass is 9.77. The van der Waals surface area contributed by atoms with Gasteiger partial charge in [-0.2, -0.15) is 0 Å². The summed E-state index contributed by atoms with van der Waals surface area (Å²) >= 11 is 0. The van der Waals surface area contributed by atoms with E-state index in [0.717, 1.165) is 98.6 Å². The zero-order chi connectivity index (χ0) is 52.6. The molecule has 1 amide bonds. The first-order valence-corrected chi connectivity index (χ1v) is 28.6. The Labute approximate surface area is 445 Å². The van der Waals surface area contributed by atoms with E-state index in [-0.39, 0.29) is 29.7 Å². The fourth-order valence-corrected chi connectivity index (χ4v) is 12.0. The largest absolute Gasteiger partial charge is 0.494 e. The average Bonchev–Trinajstić information content (AvgIpc) is 3.94. The molecule has 1 atom stereocenters. The van der Waals surface area contributed by atoms with Gasteiger partial charge in [0.2, 0.25) is 0 Å². The van der Waals surface area contributed by atoms with Gasteiger partial charge in [0.25, 0.3) is 5.91 Å². The van der Waals surface area contributed by atoms with Gasteiger partial charge in [-0.15, -0.1) is 0 Å². The number of esters is 3. The predicted molar refractivity (Wildman–Crippen MR) is 297 cm³/mol. The molecule has 1 N–H and O–H groups in total. The van der Waals surface area contributed by atoms with E-state index in [1.807, 2.05) is 89.8 Å². The Bertz CT molecular complexity index is 2570. The van der Waals surface area contributed by atoms with Gasteiger partial charge in [-0.05, 0) is 195 Å². The molecule has 1 aliphatic heterocycles. The summed E-state index contributed by atoms with van der Waals surface area (Å²) < 4.78 is 23.1. The normalized spacial score (nSPS) is 20.6. The molecule has 8 rings (SSSR count). The molecular formula is C65H81NO9. The Morgan fingerprint density at radius 3 is 1.56 bits per heavy atom. The third-order valence-electron chi connectivity index (χ3n) is 16.5. The highest BCUT2D eigenvalue weighted by Crippen LogP contribution is 2.44. The molecule has 1 heterocycles. The number of amides is 1. The Hall–Kier alpha value is -6.00. The van der Waals surface area contributed by atoms with Crippen LogP contribution in [0.2, 0.25) is 0 Å². The number of rotatable bonds is 25. The number of hydrogen-bond donors (Lipinski definition) is 1. The van der Waals surface area contributed by atoms with Crippen molar-refractivity contribution in [3.63, 3.8) is 0 Å². The fraction of sp³-hybridized carbons (Fsp3) is 0.508. The van der Waals surface area contributed by atoms with Crippen molar-refractivity contribution in [1.29, 1.82) is 0 Å². The van der Waals surface area contributed by atoms with Crippen LogP contribution in [0.5, 0.6) is 17.2 Å². The van der Waals surface area contributed by atoms with Crippen LogP contribution in [0.15, 0.2) is 110 Å². The molecule has 3 fully saturated rings. The van der Waals surface area contributed by atoms with Crippen molar-refractivity contribution in [1.82, 2.24) is 4.90 Å². The molecule has 0 aromatic heterocycles. The lowest BCUT2D eigenvalue weighted by molar-refractivity contribution is -0.141. The third-order valence-corrected chi connectivity index (χ3v) is 16.5. The summed E-state index contributed by atoms with van der Waals surface area (Å²) in [6.07, 6.45) is 23.7. The zero-order valence-corrected chi connectivity index (χ0v) is 44.7. The molecule has 5 aromatic carbocycles. The van der Waals surface area contributed by atoms with E-state index < -0.39 is 17.6 Å². The minimum Gasteiger partial charge on any atom is -0.494 e. The molecule has 400 valence electrons. The smallest absolute Gasteiger partial charge is 0.330 e. The molecule has 3 aliphatic rings. The van der Waals surface area contributed by atoms with E-state index in [2.05, 4.69) is 20.4 Å². The number of unbranched alkanes of at least 4 members (excludes halogenated alkanes) is 7. The highest BCUT2D eigenvalue weighted by atomic mass is 16.5. The number of likely N-dealkylation sites (tertiary alicyclic amines) is 1. The summed E-state index contributed by atoms with van der Waals surface area (Å²) in [5, 5.41) is 17.1. The van der Waals surface area contributed by atoms with Crippen LogP contribution in [0.3, 0.4) is 0 Å². The number of nitrogens with zero attached hydrogens (tertiary/aromatic N) is 1. The molecule has 0 unspecified atom stereocenters. The highest BCUT2D eigenvalue weighted by Gasteiger charge is 2.47. The van der Waals surface area contributed by atoms with Crippen molar-refractivity contribution < 1.29 is 43.2 Å². The lowest BCUT2D eigenvalue weighted by Gasteiger charge is -2.40. The maximum Gasteiger partial charge on any atom is 0.330 e. The van der Waals surface area contributed by atoms with E-state index in [4.69, 9.17) is 18.9 Å². The van der Waals surface area contributed by atoms with Gasteiger partial charge >= 0.3 is 17.9 Å². The van der Waals surface area contributed by atoms with Crippen molar-refractivity contribution >= 4 is 45.4 Å². The first kappa shape index (κ1) is 55.2. The number of carbonyl (C=O) groups is 4. The molecule has 10 heteroatoms. The third kappa shape index (κ3) is 14.5. The van der Waals surface area contributed by atoms with Crippen LogP contribution in [0.25, 0.3) is 21.5 Å². The van der Waals surface area contributed by atoms with Gasteiger partial charge in [0.1, 0.15) is 22.8 Å². The molecular weight excluding hydrogens is 939 g/mol. The van der Waals surface area contributed by atoms with Crippen molar-refractivity contribution in [3.05, 3.63) is 126 Å². The van der Waals surface area contributed by atoms with Crippen LogP contribution in [0.4, 0.5) is 0 Å². The first-order chi connectivity index (χ1) is 36.6. The second-order valence-corrected chi connectivity index (χ2v) is 21.8. The Morgan fingerprint density at radius 1 is 0.573 bits per heavy atom. The highest BCUT2D eigenvalue weighted by molar-refractivity contribution is 5.95. The Kier molecular flexibility index (Phi) is 20.0. The summed E-state index contributed by atoms with van der Waals surface area (Å²) in [4.78, 5) is 54.5. The summed E-state index contributed by atoms with van der Waals surface area (Å²) in [5.74, 6) is 2.03. The van der Waals surface area contributed by atoms with E-state index in [1.165, 1.54) is 57.4 Å². The van der Waals surface area contributed by atoms with Gasteiger partial charge in [0, 0.05) is 18.2 Å². The van der Waals surface area contributed by atoms with Gasteiger partial charge in [-0.3, -0.25) is 14.4 Å². The first-order valence-electron chi connectivity index (χ1n) is 28.6. The standard InChI is InChI=1S/C65H81NO9/c1-4-7-11-16-46-19-23-49(24-20-46)63(69)74-58-37-31-51-42-55(33-27-53(51)44-58)65(71,56-34-28-54-45-59(38-32-52(54)43-56)75-64(70)50-25-21-47(22-26-50)17-12-8-5-2)60-18-15-39-66(60)62(68)48-29-35-57(36-30-48)72-40-13-9-10-14-41-73-61(67)6-3/h6,27-38,42-47,49-50,60,71H,3-5,7-26,39-41H2,1-2H3/t46?,47?,49?,50?,60-,65?/m0/s1. The fourth-order valence-electron chi connectivity index (χ4n) is 12.0. The number of benzene rings is 5. The van der Waals surface area contributed by atoms with Crippen LogP contribution in [0, 0.1) is 23.7 Å². The zero-order valence-electron chi connectivity index (χ0n) is 44.7. The minimum atomic E-state index is -1.63. The van der Waals surface area contributed by atoms with Gasteiger partial charge in [-0.25, -0.2) is 4.79 Å². The maximum absolute atomic E-state index is 14.6. The van der Waals surface area contributed by atoms with Crippen LogP contribution in [0.1, 0.15) is 177 Å². The molecule has 5 aromatic rings. The van der Waals surface area contributed by atoms with Crippen molar-refractivity contribution in [2.24, 2.45) is 23.7 Å². The summed E-state index contributed by atoms with van der Waals surface area (Å²) in [5.41, 5.74) is 0.163. The average molecular weight is 1020 g/mol. The van der Waals surface area contributed by atoms with Crippen LogP contribution in [-0.2, 0) is 24.7 Å². The molecule has 2 aliphatic carbocycles. The Balaban J connectivity index is 0.993. The van der Waals surface area contributed by atoms with E-state index in [0.29, 0.717) is 78.4 Å². The number of aliphatic hydroxyl groups is 1. The molecule has 0 radical (unpaired) electrons. The summed E-state index contributed by atoms with van der Waals surface area (Å²) in [7, 11) is 0.